The van der Waals surface area contributed by atoms with E-state index in [1.165, 1.54) is 0 Å². The number of piperazine rings is 1. The third kappa shape index (κ3) is 5.31. The van der Waals surface area contributed by atoms with Gasteiger partial charge in [0.05, 0.1) is 24.6 Å². The van der Waals surface area contributed by atoms with Gasteiger partial charge in [0.25, 0.3) is 0 Å². The van der Waals surface area contributed by atoms with Crippen molar-refractivity contribution in [1.82, 2.24) is 9.80 Å². The van der Waals surface area contributed by atoms with Gasteiger partial charge in [0, 0.05) is 82.3 Å². The van der Waals surface area contributed by atoms with Crippen molar-refractivity contribution in [2.45, 2.75) is 19.9 Å². The molecule has 2 aliphatic rings. The van der Waals surface area contributed by atoms with E-state index in [1.54, 1.807) is 17.4 Å². The van der Waals surface area contributed by atoms with E-state index in [-0.39, 0.29) is 17.4 Å². The number of nitrogens with one attached hydrogen (secondary N) is 1. The van der Waals surface area contributed by atoms with Crippen LogP contribution in [0.3, 0.4) is 0 Å². The molecule has 2 fully saturated rings. The standard InChI is InChI=1S/C34H36N4O4S/c1-3-36-12-14-37(15-13-36)22(2)34(40)35-23-10-11-30-28(20-23)26-8-5-7-25(33(26)43-30)24-6-4-9-27-29(39)21-31(42-32(24)27)38-16-18-41-19-17-38/h4-11,20-22H,3,12-19H2,1-2H3,(H,35,40). The Hall–Kier alpha value is -3.76. The van der Waals surface area contributed by atoms with Crippen molar-refractivity contribution in [3.63, 3.8) is 0 Å². The minimum atomic E-state index is -0.191. The van der Waals surface area contributed by atoms with Gasteiger partial charge < -0.3 is 24.3 Å². The van der Waals surface area contributed by atoms with E-state index < -0.39 is 0 Å². The number of thiophene rings is 1. The highest BCUT2D eigenvalue weighted by molar-refractivity contribution is 7.26. The summed E-state index contributed by atoms with van der Waals surface area (Å²) in [5.41, 5.74) is 3.27. The average molecular weight is 597 g/mol. The van der Waals surface area contributed by atoms with Crippen LogP contribution in [0.2, 0.25) is 0 Å². The summed E-state index contributed by atoms with van der Waals surface area (Å²) in [6, 6.07) is 19.6. The number of carbonyl (C=O) groups is 1. The molecular weight excluding hydrogens is 560 g/mol. The molecule has 1 unspecified atom stereocenters. The first kappa shape index (κ1) is 28.0. The first-order valence-electron chi connectivity index (χ1n) is 15.1. The molecule has 3 aromatic carbocycles. The summed E-state index contributed by atoms with van der Waals surface area (Å²) in [4.78, 5) is 33.2. The lowest BCUT2D eigenvalue weighted by Crippen LogP contribution is -2.52. The van der Waals surface area contributed by atoms with Crippen molar-refractivity contribution in [3.05, 3.63) is 70.9 Å². The molecule has 43 heavy (non-hydrogen) atoms. The first-order valence-corrected chi connectivity index (χ1v) is 15.9. The third-order valence-electron chi connectivity index (χ3n) is 8.90. The molecule has 0 bridgehead atoms. The van der Waals surface area contributed by atoms with Gasteiger partial charge in [-0.2, -0.15) is 0 Å². The molecule has 0 aliphatic carbocycles. The van der Waals surface area contributed by atoms with Gasteiger partial charge in [0.15, 0.2) is 11.3 Å². The SMILES string of the molecule is CCN1CCN(C(C)C(=O)Nc2ccc3sc4c(-c5cccc6c(=O)cc(N7CCOCC7)oc56)cccc4c3c2)CC1. The molecular formula is C34H36N4O4S. The van der Waals surface area contributed by atoms with Crippen LogP contribution in [0.25, 0.3) is 42.3 Å². The van der Waals surface area contributed by atoms with Crippen LogP contribution in [0.4, 0.5) is 11.6 Å². The largest absolute Gasteiger partial charge is 0.440 e. The van der Waals surface area contributed by atoms with E-state index >= 15 is 0 Å². The highest BCUT2D eigenvalue weighted by atomic mass is 32.1. The van der Waals surface area contributed by atoms with Gasteiger partial charge >= 0.3 is 0 Å². The van der Waals surface area contributed by atoms with Gasteiger partial charge in [-0.25, -0.2) is 0 Å². The van der Waals surface area contributed by atoms with E-state index in [0.29, 0.717) is 43.2 Å². The van der Waals surface area contributed by atoms with E-state index in [2.05, 4.69) is 57.3 Å². The second kappa shape index (κ2) is 11.7. The van der Waals surface area contributed by atoms with E-state index in [4.69, 9.17) is 9.15 Å². The number of rotatable bonds is 6. The Kier molecular flexibility index (Phi) is 7.65. The van der Waals surface area contributed by atoms with Crippen LogP contribution < -0.4 is 15.6 Å². The number of hydrogen-bond donors (Lipinski definition) is 1. The van der Waals surface area contributed by atoms with Gasteiger partial charge in [-0.05, 0) is 37.7 Å². The van der Waals surface area contributed by atoms with Gasteiger partial charge in [-0.3, -0.25) is 14.5 Å². The number of nitrogens with zero attached hydrogens (tertiary/aromatic N) is 3. The molecule has 1 amide bonds. The number of benzene rings is 3. The van der Waals surface area contributed by atoms with Crippen LogP contribution in [0.15, 0.2) is 69.9 Å². The Labute approximate surface area is 254 Å². The Morgan fingerprint density at radius 3 is 2.42 bits per heavy atom. The van der Waals surface area contributed by atoms with Crippen LogP contribution in [-0.4, -0.2) is 80.8 Å². The number of para-hydroxylation sites is 1. The van der Waals surface area contributed by atoms with Crippen molar-refractivity contribution in [2.24, 2.45) is 0 Å². The smallest absolute Gasteiger partial charge is 0.241 e. The topological polar surface area (TPSA) is 78.3 Å². The maximum atomic E-state index is 13.2. The summed E-state index contributed by atoms with van der Waals surface area (Å²) in [7, 11) is 0. The summed E-state index contributed by atoms with van der Waals surface area (Å²) >= 11 is 1.71. The third-order valence-corrected chi connectivity index (χ3v) is 10.1. The summed E-state index contributed by atoms with van der Waals surface area (Å²) < 4.78 is 14.2. The summed E-state index contributed by atoms with van der Waals surface area (Å²) in [6.07, 6.45) is 0. The maximum Gasteiger partial charge on any atom is 0.241 e. The van der Waals surface area contributed by atoms with E-state index in [0.717, 1.165) is 69.7 Å². The predicted molar refractivity (Wildman–Crippen MR) is 176 cm³/mol. The number of ether oxygens (including phenoxy) is 1. The van der Waals surface area contributed by atoms with Crippen LogP contribution >= 0.6 is 11.3 Å². The fourth-order valence-electron chi connectivity index (χ4n) is 6.28. The molecule has 8 nitrogen and oxygen atoms in total. The Morgan fingerprint density at radius 2 is 1.65 bits per heavy atom. The molecule has 0 spiro atoms. The highest BCUT2D eigenvalue weighted by Crippen LogP contribution is 2.42. The first-order chi connectivity index (χ1) is 21.0. The molecule has 7 rings (SSSR count). The van der Waals surface area contributed by atoms with Gasteiger partial charge in [0.2, 0.25) is 5.91 Å². The summed E-state index contributed by atoms with van der Waals surface area (Å²) in [6.45, 7) is 11.6. The highest BCUT2D eigenvalue weighted by Gasteiger charge is 2.25. The lowest BCUT2D eigenvalue weighted by Gasteiger charge is -2.36. The molecule has 2 aliphatic heterocycles. The number of carbonyl (C=O) groups excluding carboxylic acids is 1. The summed E-state index contributed by atoms with van der Waals surface area (Å²) in [5, 5.41) is 5.95. The van der Waals surface area contributed by atoms with Gasteiger partial charge in [0.1, 0.15) is 5.58 Å². The Balaban J connectivity index is 1.23. The quantitative estimate of drug-likeness (QED) is 0.272. The van der Waals surface area contributed by atoms with Crippen LogP contribution in [0, 0.1) is 0 Å². The van der Waals surface area contributed by atoms with Crippen molar-refractivity contribution in [1.29, 1.82) is 0 Å². The number of anilines is 2. The van der Waals surface area contributed by atoms with Gasteiger partial charge in [-0.1, -0.05) is 37.3 Å². The number of amides is 1. The van der Waals surface area contributed by atoms with Crippen molar-refractivity contribution < 1.29 is 13.9 Å². The number of fused-ring (bicyclic) bond motifs is 4. The molecule has 2 aromatic heterocycles. The maximum absolute atomic E-state index is 13.2. The zero-order chi connectivity index (χ0) is 29.5. The molecule has 2 saturated heterocycles. The van der Waals surface area contributed by atoms with Crippen LogP contribution in [0.5, 0.6) is 0 Å². The lowest BCUT2D eigenvalue weighted by molar-refractivity contribution is -0.121. The normalized spacial score (nSPS) is 17.6. The molecule has 0 saturated carbocycles. The molecule has 1 atom stereocenters. The zero-order valence-corrected chi connectivity index (χ0v) is 25.4. The predicted octanol–water partition coefficient (Wildman–Crippen LogP) is 5.63. The lowest BCUT2D eigenvalue weighted by atomic mass is 10.0. The minimum absolute atomic E-state index is 0.0198. The molecule has 0 radical (unpaired) electrons. The molecule has 222 valence electrons. The van der Waals surface area contributed by atoms with Crippen molar-refractivity contribution in [3.8, 4) is 11.1 Å². The number of likely N-dealkylation sites (N-methyl/N-ethyl adjacent to an activating group) is 1. The van der Waals surface area contributed by atoms with Crippen LogP contribution in [0.1, 0.15) is 13.8 Å². The van der Waals surface area contributed by atoms with E-state index in [9.17, 15) is 9.59 Å². The zero-order valence-electron chi connectivity index (χ0n) is 24.6. The molecule has 5 aromatic rings. The molecule has 1 N–H and O–H groups in total. The van der Waals surface area contributed by atoms with Crippen molar-refractivity contribution >= 4 is 60.0 Å². The Morgan fingerprint density at radius 1 is 0.907 bits per heavy atom. The fourth-order valence-corrected chi connectivity index (χ4v) is 7.50. The van der Waals surface area contributed by atoms with Gasteiger partial charge in [-0.15, -0.1) is 11.3 Å². The summed E-state index contributed by atoms with van der Waals surface area (Å²) in [5.74, 6) is 0.602. The average Bonchev–Trinajstić information content (AvgIpc) is 3.43. The number of hydrogen-bond acceptors (Lipinski definition) is 8. The minimum Gasteiger partial charge on any atom is -0.440 e. The Bertz CT molecular complexity index is 1870. The fraction of sp³-hybridized carbons (Fsp3) is 0.353. The van der Waals surface area contributed by atoms with Crippen LogP contribution in [-0.2, 0) is 9.53 Å². The van der Waals surface area contributed by atoms with E-state index in [1.807, 2.05) is 31.2 Å². The monoisotopic (exact) mass is 596 g/mol. The second-order valence-corrected chi connectivity index (χ2v) is 12.4. The molecule has 4 heterocycles. The second-order valence-electron chi connectivity index (χ2n) is 11.4. The van der Waals surface area contributed by atoms with Crippen molar-refractivity contribution in [2.75, 3.05) is 69.2 Å². The molecule has 9 heteroatoms. The number of morpholine rings is 1.